The van der Waals surface area contributed by atoms with E-state index >= 15 is 0 Å². The standard InChI is InChI=1S/C26H33N5O3S2/c1-8-30(9-2)24(32)22-16(4)20(25(33)34-7)23(36-22)28-26(35)27-21-17(5)29-31(18(21)6)14-19-13-11-10-12-15(19)3/h10-13H,8-9,14H2,1-7H3,(H2,27,28,35). The van der Waals surface area contributed by atoms with Crippen molar-refractivity contribution in [1.29, 1.82) is 0 Å². The van der Waals surface area contributed by atoms with Gasteiger partial charge >= 0.3 is 5.97 Å². The molecule has 0 saturated heterocycles. The van der Waals surface area contributed by atoms with Gasteiger partial charge in [0, 0.05) is 13.1 Å². The highest BCUT2D eigenvalue weighted by Gasteiger charge is 2.28. The van der Waals surface area contributed by atoms with Crippen LogP contribution in [-0.4, -0.2) is 51.9 Å². The van der Waals surface area contributed by atoms with Gasteiger partial charge in [0.05, 0.1) is 41.2 Å². The molecule has 36 heavy (non-hydrogen) atoms. The molecule has 2 N–H and O–H groups in total. The van der Waals surface area contributed by atoms with Gasteiger partial charge in [-0.2, -0.15) is 5.10 Å². The number of aromatic nitrogens is 2. The second-order valence-corrected chi connectivity index (χ2v) is 9.87. The van der Waals surface area contributed by atoms with Gasteiger partial charge in [-0.25, -0.2) is 4.79 Å². The van der Waals surface area contributed by atoms with Crippen LogP contribution in [0.5, 0.6) is 0 Å². The number of esters is 1. The van der Waals surface area contributed by atoms with Crippen LogP contribution in [-0.2, 0) is 11.3 Å². The van der Waals surface area contributed by atoms with E-state index in [9.17, 15) is 9.59 Å². The van der Waals surface area contributed by atoms with Gasteiger partial charge in [-0.15, -0.1) is 11.3 Å². The van der Waals surface area contributed by atoms with Gasteiger partial charge in [0.2, 0.25) is 0 Å². The second kappa shape index (κ2) is 11.7. The average molecular weight is 528 g/mol. The fourth-order valence-corrected chi connectivity index (χ4v) is 5.47. The van der Waals surface area contributed by atoms with Crippen LogP contribution in [0.1, 0.15) is 62.0 Å². The topological polar surface area (TPSA) is 88.5 Å². The van der Waals surface area contributed by atoms with Gasteiger partial charge in [0.1, 0.15) is 5.00 Å². The Labute approximate surface area is 221 Å². The quantitative estimate of drug-likeness (QED) is 0.303. The number of methoxy groups -OCH3 is 1. The Kier molecular flexibility index (Phi) is 8.86. The van der Waals surface area contributed by atoms with E-state index in [1.54, 1.807) is 11.8 Å². The molecule has 0 aliphatic heterocycles. The lowest BCUT2D eigenvalue weighted by Gasteiger charge is -2.18. The number of aryl methyl sites for hydroxylation is 2. The highest BCUT2D eigenvalue weighted by Crippen LogP contribution is 2.35. The summed E-state index contributed by atoms with van der Waals surface area (Å²) in [6.07, 6.45) is 0. The smallest absolute Gasteiger partial charge is 0.341 e. The zero-order chi connectivity index (χ0) is 26.6. The summed E-state index contributed by atoms with van der Waals surface area (Å²) >= 11 is 6.80. The van der Waals surface area contributed by atoms with Crippen LogP contribution in [0, 0.1) is 27.7 Å². The highest BCUT2D eigenvalue weighted by atomic mass is 32.1. The van der Waals surface area contributed by atoms with Crippen molar-refractivity contribution in [3.05, 3.63) is 62.8 Å². The van der Waals surface area contributed by atoms with E-state index in [0.29, 0.717) is 45.8 Å². The van der Waals surface area contributed by atoms with E-state index in [2.05, 4.69) is 29.7 Å². The van der Waals surface area contributed by atoms with Crippen LogP contribution in [0.15, 0.2) is 24.3 Å². The maximum Gasteiger partial charge on any atom is 0.341 e. The Bertz CT molecular complexity index is 1290. The molecule has 0 radical (unpaired) electrons. The number of benzene rings is 1. The number of nitrogens with one attached hydrogen (secondary N) is 2. The molecule has 0 saturated carbocycles. The lowest BCUT2D eigenvalue weighted by atomic mass is 10.1. The van der Waals surface area contributed by atoms with E-state index < -0.39 is 5.97 Å². The number of hydrogen-bond acceptors (Lipinski definition) is 6. The molecule has 1 amide bonds. The molecule has 0 aliphatic rings. The zero-order valence-electron chi connectivity index (χ0n) is 21.8. The van der Waals surface area contributed by atoms with E-state index in [4.69, 9.17) is 22.1 Å². The predicted molar refractivity (Wildman–Crippen MR) is 149 cm³/mol. The van der Waals surface area contributed by atoms with E-state index in [0.717, 1.165) is 17.1 Å². The molecular formula is C26H33N5O3S2. The number of hydrogen-bond donors (Lipinski definition) is 2. The van der Waals surface area contributed by atoms with Gasteiger partial charge in [0.25, 0.3) is 5.91 Å². The fourth-order valence-electron chi connectivity index (χ4n) is 4.04. The Balaban J connectivity index is 1.86. The normalized spacial score (nSPS) is 10.8. The largest absolute Gasteiger partial charge is 0.465 e. The minimum Gasteiger partial charge on any atom is -0.465 e. The van der Waals surface area contributed by atoms with Crippen molar-refractivity contribution in [2.75, 3.05) is 30.8 Å². The zero-order valence-corrected chi connectivity index (χ0v) is 23.4. The van der Waals surface area contributed by atoms with Crippen molar-refractivity contribution in [1.82, 2.24) is 14.7 Å². The van der Waals surface area contributed by atoms with Crippen LogP contribution in [0.3, 0.4) is 0 Å². The van der Waals surface area contributed by atoms with Crippen molar-refractivity contribution >= 4 is 51.2 Å². The Morgan fingerprint density at radius 3 is 2.39 bits per heavy atom. The van der Waals surface area contributed by atoms with Crippen LogP contribution in [0.2, 0.25) is 0 Å². The van der Waals surface area contributed by atoms with Crippen molar-refractivity contribution in [2.45, 2.75) is 48.1 Å². The van der Waals surface area contributed by atoms with Gasteiger partial charge < -0.3 is 20.3 Å². The molecule has 8 nitrogen and oxygen atoms in total. The third-order valence-corrected chi connectivity index (χ3v) is 7.61. The monoisotopic (exact) mass is 527 g/mol. The number of carbonyl (C=O) groups is 2. The molecule has 0 atom stereocenters. The lowest BCUT2D eigenvalue weighted by molar-refractivity contribution is 0.0601. The summed E-state index contributed by atoms with van der Waals surface area (Å²) in [5.41, 5.74) is 5.82. The predicted octanol–water partition coefficient (Wildman–Crippen LogP) is 5.30. The van der Waals surface area contributed by atoms with Gasteiger partial charge in [-0.05, 0) is 70.5 Å². The molecule has 3 rings (SSSR count). The summed E-state index contributed by atoms with van der Waals surface area (Å²) in [4.78, 5) is 27.8. The van der Waals surface area contributed by atoms with Crippen molar-refractivity contribution < 1.29 is 14.3 Å². The molecule has 0 fully saturated rings. The summed E-state index contributed by atoms with van der Waals surface area (Å²) in [5.74, 6) is -0.644. The lowest BCUT2D eigenvalue weighted by Crippen LogP contribution is -2.30. The van der Waals surface area contributed by atoms with Gasteiger partial charge in [-0.1, -0.05) is 24.3 Å². The SMILES string of the molecule is CCN(CC)C(=O)c1sc(NC(=S)Nc2c(C)nn(Cc3ccccc3C)c2C)c(C(=O)OC)c1C. The summed E-state index contributed by atoms with van der Waals surface area (Å²) in [7, 11) is 1.32. The number of thiophene rings is 1. The van der Waals surface area contributed by atoms with Gasteiger partial charge in [0.15, 0.2) is 5.11 Å². The number of amides is 1. The molecule has 0 aliphatic carbocycles. The number of carbonyl (C=O) groups excluding carboxylic acids is 2. The molecule has 10 heteroatoms. The first-order valence-electron chi connectivity index (χ1n) is 11.8. The Hall–Kier alpha value is -3.24. The molecule has 3 aromatic rings. The van der Waals surface area contributed by atoms with Crippen molar-refractivity contribution in [3.63, 3.8) is 0 Å². The van der Waals surface area contributed by atoms with Crippen LogP contribution < -0.4 is 10.6 Å². The molecule has 0 spiro atoms. The minimum absolute atomic E-state index is 0.122. The first-order chi connectivity index (χ1) is 17.1. The third kappa shape index (κ3) is 5.60. The van der Waals surface area contributed by atoms with Crippen LogP contribution in [0.4, 0.5) is 10.7 Å². The molecule has 192 valence electrons. The molecular weight excluding hydrogens is 494 g/mol. The van der Waals surface area contributed by atoms with E-state index in [1.165, 1.54) is 29.6 Å². The number of anilines is 2. The Morgan fingerprint density at radius 2 is 1.78 bits per heavy atom. The van der Waals surface area contributed by atoms with Crippen LogP contribution >= 0.6 is 23.6 Å². The van der Waals surface area contributed by atoms with Crippen molar-refractivity contribution in [3.8, 4) is 0 Å². The summed E-state index contributed by atoms with van der Waals surface area (Å²) < 4.78 is 6.94. The molecule has 0 bridgehead atoms. The second-order valence-electron chi connectivity index (χ2n) is 8.44. The fraction of sp³-hybridized carbons (Fsp3) is 0.385. The first-order valence-corrected chi connectivity index (χ1v) is 13.0. The first kappa shape index (κ1) is 27.3. The highest BCUT2D eigenvalue weighted by molar-refractivity contribution is 7.80. The maximum atomic E-state index is 13.0. The van der Waals surface area contributed by atoms with Crippen molar-refractivity contribution in [2.24, 2.45) is 0 Å². The average Bonchev–Trinajstić information content (AvgIpc) is 3.31. The summed E-state index contributed by atoms with van der Waals surface area (Å²) in [5, 5.41) is 11.8. The molecule has 2 heterocycles. The number of rotatable bonds is 8. The molecule has 0 unspecified atom stereocenters. The van der Waals surface area contributed by atoms with E-state index in [-0.39, 0.29) is 5.91 Å². The molecule has 2 aromatic heterocycles. The summed E-state index contributed by atoms with van der Waals surface area (Å²) in [6, 6.07) is 8.22. The number of thiocarbonyl (C=S) groups is 1. The summed E-state index contributed by atoms with van der Waals surface area (Å²) in [6.45, 7) is 13.4. The van der Waals surface area contributed by atoms with E-state index in [1.807, 2.05) is 44.5 Å². The Morgan fingerprint density at radius 1 is 1.11 bits per heavy atom. The molecule has 1 aromatic carbocycles. The van der Waals surface area contributed by atoms with Gasteiger partial charge in [-0.3, -0.25) is 9.48 Å². The maximum absolute atomic E-state index is 13.0. The minimum atomic E-state index is -0.522. The number of ether oxygens (including phenoxy) is 1. The van der Waals surface area contributed by atoms with Crippen LogP contribution in [0.25, 0.3) is 0 Å². The number of nitrogens with zero attached hydrogens (tertiary/aromatic N) is 3. The third-order valence-electron chi connectivity index (χ3n) is 6.21.